The van der Waals surface area contributed by atoms with Gasteiger partial charge in [0.15, 0.2) is 11.6 Å². The summed E-state index contributed by atoms with van der Waals surface area (Å²) in [6, 6.07) is 12.8. The van der Waals surface area contributed by atoms with Gasteiger partial charge < -0.3 is 14.0 Å². The number of ether oxygens (including phenoxy) is 2. The third-order valence-electron chi connectivity index (χ3n) is 5.05. The van der Waals surface area contributed by atoms with Crippen molar-refractivity contribution in [3.63, 3.8) is 0 Å². The number of imidazole rings is 1. The zero-order valence-corrected chi connectivity index (χ0v) is 17.9. The number of anilines is 1. The Morgan fingerprint density at radius 1 is 1.06 bits per heavy atom. The molecule has 0 aliphatic carbocycles. The van der Waals surface area contributed by atoms with E-state index in [9.17, 15) is 13.6 Å². The second-order valence-corrected chi connectivity index (χ2v) is 7.33. The summed E-state index contributed by atoms with van der Waals surface area (Å²) in [6.45, 7) is 2.95. The highest BCUT2D eigenvalue weighted by molar-refractivity contribution is 5.84. The van der Waals surface area contributed by atoms with Crippen LogP contribution < -0.4 is 10.1 Å². The van der Waals surface area contributed by atoms with Crippen LogP contribution in [0.3, 0.4) is 0 Å². The molecule has 0 saturated heterocycles. The fraction of sp³-hybridized carbons (Fsp3) is 0.208. The molecule has 2 heterocycles. The van der Waals surface area contributed by atoms with Crippen molar-refractivity contribution in [3.8, 4) is 5.75 Å². The second kappa shape index (κ2) is 10.1. The van der Waals surface area contributed by atoms with Crippen molar-refractivity contribution in [2.75, 3.05) is 18.5 Å². The highest BCUT2D eigenvalue weighted by Crippen LogP contribution is 2.22. The van der Waals surface area contributed by atoms with Crippen LogP contribution in [0.25, 0.3) is 11.0 Å². The zero-order chi connectivity index (χ0) is 23.2. The van der Waals surface area contributed by atoms with Crippen LogP contribution in [0.4, 0.5) is 19.3 Å². The van der Waals surface area contributed by atoms with Crippen LogP contribution in [-0.4, -0.2) is 33.8 Å². The molecule has 1 N–H and O–H groups in total. The van der Waals surface area contributed by atoms with Crippen molar-refractivity contribution < 1.29 is 23.0 Å². The van der Waals surface area contributed by atoms with Crippen molar-refractivity contribution >= 4 is 22.8 Å². The first-order valence-corrected chi connectivity index (χ1v) is 10.4. The number of hydrogen-bond donors (Lipinski definition) is 1. The first-order valence-electron chi connectivity index (χ1n) is 10.4. The minimum absolute atomic E-state index is 0.105. The Bertz CT molecular complexity index is 1280. The topological polar surface area (TPSA) is 78.3 Å². The molecule has 0 bridgehead atoms. The van der Waals surface area contributed by atoms with Crippen LogP contribution in [-0.2, 0) is 11.3 Å². The molecule has 0 aliphatic heterocycles. The van der Waals surface area contributed by atoms with Gasteiger partial charge >= 0.3 is 6.09 Å². The Kier molecular flexibility index (Phi) is 6.77. The number of para-hydroxylation sites is 2. The number of carbonyl (C=O) groups is 1. The van der Waals surface area contributed by atoms with Gasteiger partial charge in [0, 0.05) is 29.9 Å². The molecule has 2 aromatic carbocycles. The Hall–Kier alpha value is -4.01. The Morgan fingerprint density at radius 2 is 1.91 bits per heavy atom. The largest absolute Gasteiger partial charge is 0.493 e. The van der Waals surface area contributed by atoms with E-state index < -0.39 is 17.7 Å². The third-order valence-corrected chi connectivity index (χ3v) is 5.05. The Balaban J connectivity index is 1.26. The number of nitrogens with zero attached hydrogens (tertiary/aromatic N) is 3. The molecule has 9 heteroatoms. The molecule has 0 atom stereocenters. The Labute approximate surface area is 189 Å². The summed E-state index contributed by atoms with van der Waals surface area (Å²) in [5, 5.41) is 2.34. The summed E-state index contributed by atoms with van der Waals surface area (Å²) < 4.78 is 39.0. The average molecular weight is 452 g/mol. The number of pyridine rings is 1. The van der Waals surface area contributed by atoms with Gasteiger partial charge in [0.2, 0.25) is 0 Å². The Morgan fingerprint density at radius 3 is 2.76 bits per heavy atom. The maximum atomic E-state index is 13.2. The maximum Gasteiger partial charge on any atom is 0.411 e. The molecule has 0 aliphatic rings. The van der Waals surface area contributed by atoms with Gasteiger partial charge in [-0.25, -0.2) is 18.6 Å². The molecule has 2 aromatic heterocycles. The van der Waals surface area contributed by atoms with E-state index in [2.05, 4.69) is 15.3 Å². The van der Waals surface area contributed by atoms with Crippen molar-refractivity contribution in [2.45, 2.75) is 19.9 Å². The van der Waals surface area contributed by atoms with E-state index in [4.69, 9.17) is 9.47 Å². The van der Waals surface area contributed by atoms with Crippen LogP contribution in [0.1, 0.15) is 17.7 Å². The van der Waals surface area contributed by atoms with Gasteiger partial charge in [0.25, 0.3) is 0 Å². The van der Waals surface area contributed by atoms with Gasteiger partial charge in [0.1, 0.15) is 5.75 Å². The summed E-state index contributed by atoms with van der Waals surface area (Å²) >= 11 is 0. The molecule has 4 aromatic rings. The van der Waals surface area contributed by atoms with Crippen LogP contribution >= 0.6 is 0 Å². The molecule has 1 amide bonds. The van der Waals surface area contributed by atoms with E-state index in [0.717, 1.165) is 34.4 Å². The van der Waals surface area contributed by atoms with E-state index >= 15 is 0 Å². The molecular weight excluding hydrogens is 430 g/mol. The van der Waals surface area contributed by atoms with Crippen molar-refractivity contribution in [3.05, 3.63) is 83.9 Å². The molecule has 0 unspecified atom stereocenters. The van der Waals surface area contributed by atoms with Crippen LogP contribution in [0.15, 0.2) is 61.1 Å². The number of fused-ring (bicyclic) bond motifs is 1. The fourth-order valence-electron chi connectivity index (χ4n) is 3.31. The van der Waals surface area contributed by atoms with Crippen LogP contribution in [0.5, 0.6) is 5.75 Å². The second-order valence-electron chi connectivity index (χ2n) is 7.33. The van der Waals surface area contributed by atoms with Crippen LogP contribution in [0.2, 0.25) is 0 Å². The number of nitrogens with one attached hydrogen (secondary N) is 1. The van der Waals surface area contributed by atoms with Crippen molar-refractivity contribution in [2.24, 2.45) is 0 Å². The summed E-state index contributed by atoms with van der Waals surface area (Å²) in [5.74, 6) is -1.33. The normalized spacial score (nSPS) is 10.9. The lowest BCUT2D eigenvalue weighted by Gasteiger charge is -2.13. The lowest BCUT2D eigenvalue weighted by Crippen LogP contribution is -2.16. The minimum Gasteiger partial charge on any atom is -0.493 e. The van der Waals surface area contributed by atoms with Crippen LogP contribution in [0, 0.1) is 18.6 Å². The first kappa shape index (κ1) is 22.2. The summed E-state index contributed by atoms with van der Waals surface area (Å²) in [4.78, 5) is 20.7. The molecule has 7 nitrogen and oxygen atoms in total. The van der Waals surface area contributed by atoms with Gasteiger partial charge in [-0.15, -0.1) is 0 Å². The fourth-order valence-corrected chi connectivity index (χ4v) is 3.31. The van der Waals surface area contributed by atoms with Gasteiger partial charge in [0.05, 0.1) is 42.8 Å². The number of carbonyl (C=O) groups excluding carboxylic acids is 1. The minimum atomic E-state index is -1.05. The van der Waals surface area contributed by atoms with Gasteiger partial charge in [-0.1, -0.05) is 12.1 Å². The van der Waals surface area contributed by atoms with Crippen molar-refractivity contribution in [1.82, 2.24) is 14.5 Å². The lowest BCUT2D eigenvalue weighted by atomic mass is 10.2. The predicted octanol–water partition coefficient (Wildman–Crippen LogP) is 5.08. The number of benzene rings is 2. The lowest BCUT2D eigenvalue weighted by molar-refractivity contribution is 0.151. The monoisotopic (exact) mass is 452 g/mol. The smallest absolute Gasteiger partial charge is 0.411 e. The number of amides is 1. The van der Waals surface area contributed by atoms with E-state index in [1.54, 1.807) is 18.6 Å². The van der Waals surface area contributed by atoms with E-state index in [1.165, 1.54) is 6.07 Å². The molecule has 170 valence electrons. The van der Waals surface area contributed by atoms with Crippen molar-refractivity contribution in [1.29, 1.82) is 0 Å². The molecule has 4 rings (SSSR count). The molecule has 0 saturated carbocycles. The highest BCUT2D eigenvalue weighted by atomic mass is 19.2. The first-order chi connectivity index (χ1) is 16.0. The summed E-state index contributed by atoms with van der Waals surface area (Å²) in [6.07, 6.45) is 3.19. The number of aromatic nitrogens is 3. The van der Waals surface area contributed by atoms with Gasteiger partial charge in [-0.2, -0.15) is 0 Å². The van der Waals surface area contributed by atoms with Gasteiger partial charge in [-0.3, -0.25) is 10.3 Å². The predicted molar refractivity (Wildman–Crippen MR) is 119 cm³/mol. The van der Waals surface area contributed by atoms with E-state index in [-0.39, 0.29) is 12.3 Å². The SMILES string of the molecule is Cc1c(OCCCOC(=O)Nc2ccc(F)c(F)c2)ccnc1Cn1cnc2ccccc21. The molecule has 33 heavy (non-hydrogen) atoms. The summed E-state index contributed by atoms with van der Waals surface area (Å²) in [5.41, 5.74) is 3.87. The average Bonchev–Trinajstić information content (AvgIpc) is 3.21. The third kappa shape index (κ3) is 5.43. The standard InChI is InChI=1S/C24H22F2N4O3/c1-16-21(14-30-15-28-20-5-2-3-6-22(20)30)27-10-9-23(16)32-11-4-12-33-24(31)29-17-7-8-18(25)19(26)13-17/h2-3,5-10,13,15H,4,11-12,14H2,1H3,(H,29,31). The number of rotatable bonds is 8. The molecular formula is C24H22F2N4O3. The highest BCUT2D eigenvalue weighted by Gasteiger charge is 2.10. The maximum absolute atomic E-state index is 13.2. The number of halogens is 2. The quantitative estimate of drug-likeness (QED) is 0.377. The van der Waals surface area contributed by atoms with E-state index in [1.807, 2.05) is 35.8 Å². The van der Waals surface area contributed by atoms with E-state index in [0.29, 0.717) is 25.3 Å². The molecule has 0 fully saturated rings. The molecule has 0 spiro atoms. The summed E-state index contributed by atoms with van der Waals surface area (Å²) in [7, 11) is 0. The molecule has 0 radical (unpaired) electrons. The zero-order valence-electron chi connectivity index (χ0n) is 17.9. The number of hydrogen-bond acceptors (Lipinski definition) is 5. The van der Waals surface area contributed by atoms with Gasteiger partial charge in [-0.05, 0) is 37.3 Å².